The minimum absolute atomic E-state index is 0.128. The first-order valence-electron chi connectivity index (χ1n) is 6.45. The van der Waals surface area contributed by atoms with E-state index in [4.69, 9.17) is 0 Å². The number of hydrogen-bond donors (Lipinski definition) is 2. The number of hydrogen-bond acceptors (Lipinski definition) is 4. The molecular weight excluding hydrogens is 252 g/mol. The number of nitrogens with one attached hydrogen (secondary N) is 2. The monoisotopic (exact) mass is 270 g/mol. The van der Waals surface area contributed by atoms with Gasteiger partial charge in [-0.1, -0.05) is 29.8 Å². The van der Waals surface area contributed by atoms with Crippen LogP contribution in [0.25, 0.3) is 0 Å². The molecule has 0 radical (unpaired) electrons. The quantitative estimate of drug-likeness (QED) is 0.835. The van der Waals surface area contributed by atoms with Gasteiger partial charge in [0.2, 0.25) is 11.9 Å². The van der Waals surface area contributed by atoms with E-state index in [1.54, 1.807) is 0 Å². The van der Waals surface area contributed by atoms with Crippen LogP contribution in [0.5, 0.6) is 0 Å². The summed E-state index contributed by atoms with van der Waals surface area (Å²) in [5.74, 6) is 0.274. The predicted octanol–water partition coefficient (Wildman–Crippen LogP) is 2.09. The first-order chi connectivity index (χ1) is 9.52. The highest BCUT2D eigenvalue weighted by Crippen LogP contribution is 2.04. The van der Waals surface area contributed by atoms with Crippen molar-refractivity contribution in [1.29, 1.82) is 0 Å². The van der Waals surface area contributed by atoms with Crippen LogP contribution >= 0.6 is 0 Å². The Morgan fingerprint density at radius 1 is 1.05 bits per heavy atom. The molecule has 1 amide bonds. The summed E-state index contributed by atoms with van der Waals surface area (Å²) in [7, 11) is 0. The standard InChI is InChI=1S/C15H18N4O/c1-10-4-6-13(7-5-10)9-14(20)18-19-15-16-11(2)8-12(3)17-15/h4-8H,9H2,1-3H3,(H,18,20)(H,16,17,19). The van der Waals surface area contributed by atoms with Gasteiger partial charge in [-0.25, -0.2) is 9.97 Å². The van der Waals surface area contributed by atoms with E-state index in [1.807, 2.05) is 51.1 Å². The molecule has 104 valence electrons. The van der Waals surface area contributed by atoms with Crippen molar-refractivity contribution in [3.8, 4) is 0 Å². The molecular formula is C15H18N4O. The van der Waals surface area contributed by atoms with E-state index in [0.717, 1.165) is 17.0 Å². The van der Waals surface area contributed by atoms with Gasteiger partial charge in [0.25, 0.3) is 0 Å². The van der Waals surface area contributed by atoms with Crippen LogP contribution in [0.1, 0.15) is 22.5 Å². The van der Waals surface area contributed by atoms with Crippen LogP contribution < -0.4 is 10.9 Å². The van der Waals surface area contributed by atoms with Crippen molar-refractivity contribution in [2.75, 3.05) is 5.43 Å². The highest BCUT2D eigenvalue weighted by molar-refractivity contribution is 5.79. The Kier molecular flexibility index (Phi) is 4.30. The predicted molar refractivity (Wildman–Crippen MR) is 78.2 cm³/mol. The van der Waals surface area contributed by atoms with Gasteiger partial charge in [-0.2, -0.15) is 0 Å². The van der Waals surface area contributed by atoms with Crippen LogP contribution in [-0.4, -0.2) is 15.9 Å². The molecule has 2 rings (SSSR count). The second-order valence-electron chi connectivity index (χ2n) is 4.81. The lowest BCUT2D eigenvalue weighted by Crippen LogP contribution is -2.31. The van der Waals surface area contributed by atoms with Crippen molar-refractivity contribution in [3.05, 3.63) is 52.8 Å². The van der Waals surface area contributed by atoms with E-state index in [1.165, 1.54) is 5.56 Å². The second-order valence-corrected chi connectivity index (χ2v) is 4.81. The Labute approximate surface area is 118 Å². The number of amides is 1. The fraction of sp³-hybridized carbons (Fsp3) is 0.267. The van der Waals surface area contributed by atoms with Crippen molar-refractivity contribution < 1.29 is 4.79 Å². The Hall–Kier alpha value is -2.43. The maximum absolute atomic E-state index is 11.8. The lowest BCUT2D eigenvalue weighted by atomic mass is 10.1. The summed E-state index contributed by atoms with van der Waals surface area (Å²) in [5, 5.41) is 0. The van der Waals surface area contributed by atoms with Crippen molar-refractivity contribution in [3.63, 3.8) is 0 Å². The van der Waals surface area contributed by atoms with E-state index in [2.05, 4.69) is 20.8 Å². The topological polar surface area (TPSA) is 66.9 Å². The smallest absolute Gasteiger partial charge is 0.242 e. The third-order valence-electron chi connectivity index (χ3n) is 2.78. The average molecular weight is 270 g/mol. The molecule has 1 heterocycles. The molecule has 0 aliphatic rings. The van der Waals surface area contributed by atoms with Crippen molar-refractivity contribution in [2.45, 2.75) is 27.2 Å². The van der Waals surface area contributed by atoms with Gasteiger partial charge in [-0.3, -0.25) is 15.6 Å². The molecule has 2 N–H and O–H groups in total. The number of benzene rings is 1. The van der Waals surface area contributed by atoms with Crippen molar-refractivity contribution in [2.24, 2.45) is 0 Å². The van der Waals surface area contributed by atoms with E-state index < -0.39 is 0 Å². The van der Waals surface area contributed by atoms with Crippen LogP contribution in [0.4, 0.5) is 5.95 Å². The summed E-state index contributed by atoms with van der Waals surface area (Å²) < 4.78 is 0. The van der Waals surface area contributed by atoms with Gasteiger partial charge in [0.05, 0.1) is 6.42 Å². The molecule has 0 spiro atoms. The minimum Gasteiger partial charge on any atom is -0.273 e. The third-order valence-corrected chi connectivity index (χ3v) is 2.78. The lowest BCUT2D eigenvalue weighted by Gasteiger charge is -2.08. The van der Waals surface area contributed by atoms with Gasteiger partial charge in [0.15, 0.2) is 0 Å². The number of anilines is 1. The van der Waals surface area contributed by atoms with Crippen molar-refractivity contribution in [1.82, 2.24) is 15.4 Å². The number of hydrazine groups is 1. The number of rotatable bonds is 4. The van der Waals surface area contributed by atoms with E-state index in [9.17, 15) is 4.79 Å². The summed E-state index contributed by atoms with van der Waals surface area (Å²) in [5.41, 5.74) is 9.19. The zero-order valence-corrected chi connectivity index (χ0v) is 11.9. The van der Waals surface area contributed by atoms with Gasteiger partial charge in [-0.05, 0) is 32.4 Å². The van der Waals surface area contributed by atoms with Gasteiger partial charge in [0, 0.05) is 11.4 Å². The van der Waals surface area contributed by atoms with E-state index in [-0.39, 0.29) is 5.91 Å². The molecule has 20 heavy (non-hydrogen) atoms. The van der Waals surface area contributed by atoms with Gasteiger partial charge >= 0.3 is 0 Å². The van der Waals surface area contributed by atoms with E-state index >= 15 is 0 Å². The van der Waals surface area contributed by atoms with Crippen LogP contribution in [0.3, 0.4) is 0 Å². The summed E-state index contributed by atoms with van der Waals surface area (Å²) in [6.07, 6.45) is 0.318. The first-order valence-corrected chi connectivity index (χ1v) is 6.45. The number of carbonyl (C=O) groups excluding carboxylic acids is 1. The molecule has 5 heteroatoms. The number of nitrogens with zero attached hydrogens (tertiary/aromatic N) is 2. The molecule has 0 saturated carbocycles. The molecule has 1 aromatic heterocycles. The highest BCUT2D eigenvalue weighted by Gasteiger charge is 2.04. The van der Waals surface area contributed by atoms with Crippen LogP contribution in [0, 0.1) is 20.8 Å². The molecule has 5 nitrogen and oxygen atoms in total. The maximum atomic E-state index is 11.8. The number of aromatic nitrogens is 2. The Bertz CT molecular complexity index is 588. The van der Waals surface area contributed by atoms with Crippen LogP contribution in [0.2, 0.25) is 0 Å². The molecule has 0 aliphatic carbocycles. The Morgan fingerprint density at radius 3 is 2.25 bits per heavy atom. The second kappa shape index (κ2) is 6.14. The minimum atomic E-state index is -0.128. The Morgan fingerprint density at radius 2 is 1.65 bits per heavy atom. The summed E-state index contributed by atoms with van der Waals surface area (Å²) >= 11 is 0. The number of carbonyl (C=O) groups is 1. The molecule has 0 aliphatic heterocycles. The first kappa shape index (κ1) is 14.0. The van der Waals surface area contributed by atoms with Crippen molar-refractivity contribution >= 4 is 11.9 Å². The van der Waals surface area contributed by atoms with E-state index in [0.29, 0.717) is 12.4 Å². The number of aryl methyl sites for hydroxylation is 3. The Balaban J connectivity index is 1.90. The molecule has 2 aromatic rings. The molecule has 0 atom stereocenters. The summed E-state index contributed by atoms with van der Waals surface area (Å²) in [4.78, 5) is 20.2. The molecule has 0 bridgehead atoms. The van der Waals surface area contributed by atoms with Gasteiger partial charge < -0.3 is 0 Å². The lowest BCUT2D eigenvalue weighted by molar-refractivity contribution is -0.119. The zero-order chi connectivity index (χ0) is 14.5. The van der Waals surface area contributed by atoms with Crippen LogP contribution in [-0.2, 0) is 11.2 Å². The largest absolute Gasteiger partial charge is 0.273 e. The SMILES string of the molecule is Cc1ccc(CC(=O)NNc2nc(C)cc(C)n2)cc1. The van der Waals surface area contributed by atoms with Gasteiger partial charge in [0.1, 0.15) is 0 Å². The maximum Gasteiger partial charge on any atom is 0.242 e. The fourth-order valence-electron chi connectivity index (χ4n) is 1.84. The molecule has 1 aromatic carbocycles. The zero-order valence-electron chi connectivity index (χ0n) is 11.9. The average Bonchev–Trinajstić information content (AvgIpc) is 2.38. The summed E-state index contributed by atoms with van der Waals surface area (Å²) in [6, 6.07) is 9.75. The normalized spacial score (nSPS) is 10.2. The van der Waals surface area contributed by atoms with Gasteiger partial charge in [-0.15, -0.1) is 0 Å². The molecule has 0 unspecified atom stereocenters. The fourth-order valence-corrected chi connectivity index (χ4v) is 1.84. The molecule has 0 saturated heterocycles. The highest BCUT2D eigenvalue weighted by atomic mass is 16.2. The van der Waals surface area contributed by atoms with Crippen LogP contribution in [0.15, 0.2) is 30.3 Å². The molecule has 0 fully saturated rings. The summed E-state index contributed by atoms with van der Waals surface area (Å²) in [6.45, 7) is 5.78. The third kappa shape index (κ3) is 4.05.